The van der Waals surface area contributed by atoms with Crippen LogP contribution in [0.5, 0.6) is 0 Å². The highest BCUT2D eigenvalue weighted by Gasteiger charge is 2.29. The average Bonchev–Trinajstić information content (AvgIpc) is 2.45. The summed E-state index contributed by atoms with van der Waals surface area (Å²) in [5, 5.41) is 0. The second-order valence-electron chi connectivity index (χ2n) is 7.03. The third-order valence-electron chi connectivity index (χ3n) is 5.34. The first-order valence-corrected chi connectivity index (χ1v) is 8.93. The molecule has 2 fully saturated rings. The Labute approximate surface area is 125 Å². The summed E-state index contributed by atoms with van der Waals surface area (Å²) < 4.78 is 0. The molecule has 3 unspecified atom stereocenters. The molecule has 118 valence electrons. The van der Waals surface area contributed by atoms with Gasteiger partial charge >= 0.3 is 0 Å². The van der Waals surface area contributed by atoms with Crippen molar-refractivity contribution in [2.24, 2.45) is 17.6 Å². The van der Waals surface area contributed by atoms with Crippen molar-refractivity contribution in [3.05, 3.63) is 0 Å². The Kier molecular flexibility index (Phi) is 6.79. The van der Waals surface area contributed by atoms with Gasteiger partial charge in [-0.3, -0.25) is 0 Å². The Morgan fingerprint density at radius 3 is 2.30 bits per heavy atom. The zero-order chi connectivity index (χ0) is 14.4. The highest BCUT2D eigenvalue weighted by molar-refractivity contribution is 4.85. The summed E-state index contributed by atoms with van der Waals surface area (Å²) in [5.74, 6) is 1.70. The summed E-state index contributed by atoms with van der Waals surface area (Å²) in [4.78, 5) is 5.28. The van der Waals surface area contributed by atoms with Gasteiger partial charge in [0.25, 0.3) is 0 Å². The molecule has 3 nitrogen and oxygen atoms in total. The van der Waals surface area contributed by atoms with Crippen LogP contribution in [0.2, 0.25) is 0 Å². The second-order valence-corrected chi connectivity index (χ2v) is 7.03. The fourth-order valence-corrected chi connectivity index (χ4v) is 4.11. The fraction of sp³-hybridized carbons (Fsp3) is 1.00. The zero-order valence-corrected chi connectivity index (χ0v) is 13.7. The van der Waals surface area contributed by atoms with Crippen LogP contribution in [0, 0.1) is 11.8 Å². The van der Waals surface area contributed by atoms with Gasteiger partial charge in [0.2, 0.25) is 0 Å². The molecule has 1 saturated heterocycles. The number of nitrogens with zero attached hydrogens (tertiary/aromatic N) is 2. The maximum absolute atomic E-state index is 6.39. The standard InChI is InChI=1S/C17H35N3/c1-3-5-15-6-7-17(18)16(13-15)14-20-11-9-19(8-4-2)10-12-20/h15-17H,3-14,18H2,1-2H3. The summed E-state index contributed by atoms with van der Waals surface area (Å²) >= 11 is 0. The Morgan fingerprint density at radius 1 is 0.950 bits per heavy atom. The molecule has 0 aromatic heterocycles. The molecular formula is C17H35N3. The molecule has 0 spiro atoms. The van der Waals surface area contributed by atoms with Crippen molar-refractivity contribution in [1.82, 2.24) is 9.80 Å². The normalized spacial score (nSPS) is 33.5. The van der Waals surface area contributed by atoms with E-state index < -0.39 is 0 Å². The molecule has 0 bridgehead atoms. The van der Waals surface area contributed by atoms with E-state index in [2.05, 4.69) is 23.6 Å². The van der Waals surface area contributed by atoms with Crippen molar-refractivity contribution in [1.29, 1.82) is 0 Å². The lowest BCUT2D eigenvalue weighted by molar-refractivity contribution is 0.0943. The smallest absolute Gasteiger partial charge is 0.0110 e. The molecule has 3 atom stereocenters. The minimum absolute atomic E-state index is 0.455. The first kappa shape index (κ1) is 16.3. The summed E-state index contributed by atoms with van der Waals surface area (Å²) in [6, 6.07) is 0.455. The SMILES string of the molecule is CCCC1CCC(N)C(CN2CCN(CCC)CC2)C1. The lowest BCUT2D eigenvalue weighted by Crippen LogP contribution is -2.50. The van der Waals surface area contributed by atoms with Gasteiger partial charge in [-0.2, -0.15) is 0 Å². The maximum atomic E-state index is 6.39. The van der Waals surface area contributed by atoms with Gasteiger partial charge in [0.1, 0.15) is 0 Å². The van der Waals surface area contributed by atoms with Crippen molar-refractivity contribution < 1.29 is 0 Å². The summed E-state index contributed by atoms with van der Waals surface area (Å²) in [6.07, 6.45) is 8.03. The second kappa shape index (κ2) is 8.35. The lowest BCUT2D eigenvalue weighted by atomic mass is 9.76. The quantitative estimate of drug-likeness (QED) is 0.812. The number of hydrogen-bond acceptors (Lipinski definition) is 3. The average molecular weight is 281 g/mol. The Bertz CT molecular complexity index is 261. The molecule has 0 aromatic carbocycles. The van der Waals surface area contributed by atoms with E-state index in [-0.39, 0.29) is 0 Å². The minimum atomic E-state index is 0.455. The molecule has 2 N–H and O–H groups in total. The van der Waals surface area contributed by atoms with Gasteiger partial charge in [-0.15, -0.1) is 0 Å². The zero-order valence-electron chi connectivity index (χ0n) is 13.7. The molecule has 2 aliphatic rings. The molecule has 1 saturated carbocycles. The molecule has 0 amide bonds. The van der Waals surface area contributed by atoms with Crippen LogP contribution in [0.3, 0.4) is 0 Å². The van der Waals surface area contributed by atoms with Gasteiger partial charge in [-0.05, 0) is 44.1 Å². The third-order valence-corrected chi connectivity index (χ3v) is 5.34. The number of rotatable bonds is 6. The first-order valence-electron chi connectivity index (χ1n) is 8.93. The monoisotopic (exact) mass is 281 g/mol. The summed E-state index contributed by atoms with van der Waals surface area (Å²) in [6.45, 7) is 12.1. The molecule has 1 heterocycles. The van der Waals surface area contributed by atoms with Crippen molar-refractivity contribution >= 4 is 0 Å². The van der Waals surface area contributed by atoms with E-state index in [1.165, 1.54) is 77.8 Å². The van der Waals surface area contributed by atoms with Crippen molar-refractivity contribution in [2.45, 2.75) is 58.4 Å². The predicted octanol–water partition coefficient (Wildman–Crippen LogP) is 2.56. The Balaban J connectivity index is 1.74. The lowest BCUT2D eigenvalue weighted by Gasteiger charge is -2.40. The molecule has 2 rings (SSSR count). The maximum Gasteiger partial charge on any atom is 0.0110 e. The Hall–Kier alpha value is -0.120. The van der Waals surface area contributed by atoms with Crippen LogP contribution in [0.1, 0.15) is 52.4 Å². The van der Waals surface area contributed by atoms with E-state index in [4.69, 9.17) is 5.73 Å². The van der Waals surface area contributed by atoms with Crippen LogP contribution in [-0.2, 0) is 0 Å². The van der Waals surface area contributed by atoms with Crippen LogP contribution in [0.15, 0.2) is 0 Å². The van der Waals surface area contributed by atoms with Gasteiger partial charge in [0.15, 0.2) is 0 Å². The van der Waals surface area contributed by atoms with E-state index >= 15 is 0 Å². The number of hydrogen-bond donors (Lipinski definition) is 1. The fourth-order valence-electron chi connectivity index (χ4n) is 4.11. The minimum Gasteiger partial charge on any atom is -0.327 e. The van der Waals surface area contributed by atoms with E-state index in [1.807, 2.05) is 0 Å². The van der Waals surface area contributed by atoms with Gasteiger partial charge in [-0.1, -0.05) is 26.7 Å². The molecular weight excluding hydrogens is 246 g/mol. The van der Waals surface area contributed by atoms with Gasteiger partial charge in [0, 0.05) is 38.8 Å². The summed E-state index contributed by atoms with van der Waals surface area (Å²) in [7, 11) is 0. The molecule has 3 heteroatoms. The van der Waals surface area contributed by atoms with Crippen LogP contribution in [0.25, 0.3) is 0 Å². The van der Waals surface area contributed by atoms with Crippen LogP contribution in [-0.4, -0.2) is 55.1 Å². The van der Waals surface area contributed by atoms with E-state index in [9.17, 15) is 0 Å². The van der Waals surface area contributed by atoms with Crippen LogP contribution < -0.4 is 5.73 Å². The molecule has 1 aliphatic carbocycles. The highest BCUT2D eigenvalue weighted by atomic mass is 15.3. The molecule has 20 heavy (non-hydrogen) atoms. The first-order chi connectivity index (χ1) is 9.72. The topological polar surface area (TPSA) is 32.5 Å². The van der Waals surface area contributed by atoms with E-state index in [0.717, 1.165) is 11.8 Å². The molecule has 0 radical (unpaired) electrons. The largest absolute Gasteiger partial charge is 0.327 e. The Morgan fingerprint density at radius 2 is 1.65 bits per heavy atom. The predicted molar refractivity (Wildman–Crippen MR) is 86.9 cm³/mol. The van der Waals surface area contributed by atoms with Gasteiger partial charge in [-0.25, -0.2) is 0 Å². The van der Waals surface area contributed by atoms with Crippen molar-refractivity contribution in [2.75, 3.05) is 39.3 Å². The summed E-state index contributed by atoms with van der Waals surface area (Å²) in [5.41, 5.74) is 6.39. The highest BCUT2D eigenvalue weighted by Crippen LogP contribution is 2.32. The van der Waals surface area contributed by atoms with E-state index in [1.54, 1.807) is 0 Å². The molecule has 1 aliphatic heterocycles. The van der Waals surface area contributed by atoms with Gasteiger partial charge < -0.3 is 15.5 Å². The number of piperazine rings is 1. The third kappa shape index (κ3) is 4.71. The van der Waals surface area contributed by atoms with Crippen molar-refractivity contribution in [3.8, 4) is 0 Å². The van der Waals surface area contributed by atoms with Crippen LogP contribution >= 0.6 is 0 Å². The van der Waals surface area contributed by atoms with Gasteiger partial charge in [0.05, 0.1) is 0 Å². The van der Waals surface area contributed by atoms with E-state index in [0.29, 0.717) is 6.04 Å². The van der Waals surface area contributed by atoms with Crippen LogP contribution in [0.4, 0.5) is 0 Å². The molecule has 0 aromatic rings. The van der Waals surface area contributed by atoms with Crippen molar-refractivity contribution in [3.63, 3.8) is 0 Å². The number of nitrogens with two attached hydrogens (primary N) is 1.